The van der Waals surface area contributed by atoms with E-state index >= 15 is 4.79 Å². The van der Waals surface area contributed by atoms with Gasteiger partial charge in [-0.2, -0.15) is 0 Å². The predicted octanol–water partition coefficient (Wildman–Crippen LogP) is 1.92. The van der Waals surface area contributed by atoms with Crippen LogP contribution in [0.15, 0.2) is 59.6 Å². The number of fused-ring (bicyclic) bond motifs is 1. The monoisotopic (exact) mass is 610 g/mol. The molecule has 3 heterocycles. The third kappa shape index (κ3) is 4.58. The number of hydrogen-bond donors (Lipinski definition) is 1. The number of aromatic nitrogens is 1. The van der Waals surface area contributed by atoms with Crippen LogP contribution in [0.25, 0.3) is 0 Å². The molecule has 1 fully saturated rings. The number of carbonyl (C=O) groups is 2. The number of ether oxygens (including phenoxy) is 3. The highest BCUT2D eigenvalue weighted by molar-refractivity contribution is 7.93. The van der Waals surface area contributed by atoms with Gasteiger partial charge in [0.1, 0.15) is 16.4 Å². The largest absolute Gasteiger partial charge is 0.497 e. The lowest BCUT2D eigenvalue weighted by Crippen LogP contribution is -2.59. The quantitative estimate of drug-likeness (QED) is 0.403. The molecule has 2 aliphatic heterocycles. The van der Waals surface area contributed by atoms with Crippen molar-refractivity contribution < 1.29 is 37.3 Å². The number of nitrogens with zero attached hydrogens (tertiary/aromatic N) is 4. The second-order valence-corrected chi connectivity index (χ2v) is 12.4. The van der Waals surface area contributed by atoms with E-state index < -0.39 is 33.6 Å². The van der Waals surface area contributed by atoms with E-state index in [0.717, 1.165) is 9.87 Å². The third-order valence-electron chi connectivity index (χ3n) is 7.93. The maximum atomic E-state index is 15.2. The zero-order valence-electron chi connectivity index (χ0n) is 24.8. The molecule has 0 radical (unpaired) electrons. The summed E-state index contributed by atoms with van der Waals surface area (Å²) in [5.41, 5.74) is -0.529. The van der Waals surface area contributed by atoms with E-state index in [1.54, 1.807) is 49.3 Å². The molecule has 1 unspecified atom stereocenters. The molecule has 2 aromatic carbocycles. The molecule has 0 spiro atoms. The lowest BCUT2D eigenvalue weighted by Gasteiger charge is -2.41. The fraction of sp³-hybridized carbons (Fsp3) is 0.367. The summed E-state index contributed by atoms with van der Waals surface area (Å²) in [7, 11) is 2.72. The number of likely N-dealkylation sites (tertiary alicyclic amines) is 1. The van der Waals surface area contributed by atoms with Gasteiger partial charge in [0.2, 0.25) is 11.8 Å². The van der Waals surface area contributed by atoms with Gasteiger partial charge in [-0.25, -0.2) is 17.7 Å². The molecule has 12 nitrogen and oxygen atoms in total. The second kappa shape index (κ2) is 11.1. The number of β-amino-alcohol motifs (C(OH)–C–C–N with tert-alkyl or cyclic N) is 1. The topological polar surface area (TPSA) is 139 Å². The summed E-state index contributed by atoms with van der Waals surface area (Å²) < 4.78 is 46.1. The summed E-state index contributed by atoms with van der Waals surface area (Å²) in [5.74, 6) is -0.802. The molecule has 2 amide bonds. The van der Waals surface area contributed by atoms with E-state index in [1.165, 1.54) is 50.6 Å². The number of aliphatic hydroxyl groups excluding tert-OH is 1. The zero-order valence-corrected chi connectivity index (χ0v) is 25.6. The molecule has 5 rings (SSSR count). The molecule has 0 saturated carbocycles. The van der Waals surface area contributed by atoms with E-state index in [2.05, 4.69) is 4.98 Å². The summed E-state index contributed by atoms with van der Waals surface area (Å²) in [6, 6.07) is 11.5. The maximum absolute atomic E-state index is 15.2. The number of likely N-dealkylation sites (N-methyl/N-ethyl adjacent to an activating group) is 1. The molecule has 3 aromatic rings. The number of amides is 2. The summed E-state index contributed by atoms with van der Waals surface area (Å²) in [5, 5.41) is 10.9. The van der Waals surface area contributed by atoms with E-state index in [4.69, 9.17) is 14.2 Å². The standard InChI is InChI=1S/C30H34N4O8S/c1-18-9-11-23-22(14-18)30(21-8-7-13-31-27(21)42-6,33-17-19(35)15-24(33)28(36)32(2)3)29(37)34(23)43(38,39)26-12-10-20(40-4)16-25(26)41-5/h7-14,16,19,24,35H,15,17H2,1-6H3/t19-,24+,30?/m1/s1. The van der Waals surface area contributed by atoms with Crippen molar-refractivity contribution in [3.63, 3.8) is 0 Å². The van der Waals surface area contributed by atoms with Crippen LogP contribution in [0, 0.1) is 6.92 Å². The van der Waals surface area contributed by atoms with Crippen molar-refractivity contribution in [1.29, 1.82) is 0 Å². The minimum atomic E-state index is -4.62. The molecular formula is C30H34N4O8S. The van der Waals surface area contributed by atoms with Crippen LogP contribution >= 0.6 is 0 Å². The number of benzene rings is 2. The average Bonchev–Trinajstić information content (AvgIpc) is 3.50. The first-order chi connectivity index (χ1) is 20.4. The summed E-state index contributed by atoms with van der Waals surface area (Å²) in [6.45, 7) is 1.72. The molecule has 228 valence electrons. The molecule has 43 heavy (non-hydrogen) atoms. The summed E-state index contributed by atoms with van der Waals surface area (Å²) in [4.78, 5) is 35.8. The summed E-state index contributed by atoms with van der Waals surface area (Å²) in [6.07, 6.45) is 0.557. The van der Waals surface area contributed by atoms with Crippen LogP contribution in [-0.2, 0) is 25.2 Å². The Kier molecular flexibility index (Phi) is 7.84. The number of aliphatic hydroxyl groups is 1. The van der Waals surface area contributed by atoms with Crippen molar-refractivity contribution in [2.45, 2.75) is 35.9 Å². The molecule has 0 bridgehead atoms. The van der Waals surface area contributed by atoms with Crippen LogP contribution in [0.1, 0.15) is 23.1 Å². The summed E-state index contributed by atoms with van der Waals surface area (Å²) >= 11 is 0. The van der Waals surface area contributed by atoms with Gasteiger partial charge in [0.05, 0.1) is 39.2 Å². The maximum Gasteiger partial charge on any atom is 0.274 e. The highest BCUT2D eigenvalue weighted by Crippen LogP contribution is 2.54. The van der Waals surface area contributed by atoms with Gasteiger partial charge >= 0.3 is 0 Å². The SMILES string of the molecule is COc1ccc(S(=O)(=O)N2C(=O)C(c3cccnc3OC)(N3C[C@H](O)C[C@H]3C(=O)N(C)C)c3cc(C)ccc32)c(OC)c1. The van der Waals surface area contributed by atoms with Gasteiger partial charge in [-0.3, -0.25) is 14.5 Å². The van der Waals surface area contributed by atoms with Crippen LogP contribution in [0.2, 0.25) is 0 Å². The van der Waals surface area contributed by atoms with Gasteiger partial charge in [-0.05, 0) is 43.7 Å². The Labute approximate surface area is 250 Å². The van der Waals surface area contributed by atoms with Crippen LogP contribution < -0.4 is 18.5 Å². The Balaban J connectivity index is 1.86. The minimum absolute atomic E-state index is 0.0190. The van der Waals surface area contributed by atoms with Crippen LogP contribution in [0.4, 0.5) is 5.69 Å². The van der Waals surface area contributed by atoms with Crippen LogP contribution in [0.3, 0.4) is 0 Å². The molecule has 1 N–H and O–H groups in total. The van der Waals surface area contributed by atoms with E-state index in [-0.39, 0.29) is 46.6 Å². The van der Waals surface area contributed by atoms with Crippen molar-refractivity contribution in [2.75, 3.05) is 46.3 Å². The number of methoxy groups -OCH3 is 3. The van der Waals surface area contributed by atoms with Gasteiger partial charge in [0.25, 0.3) is 15.9 Å². The number of sulfonamides is 1. The Bertz CT molecular complexity index is 1700. The Morgan fingerprint density at radius 3 is 2.44 bits per heavy atom. The Morgan fingerprint density at radius 2 is 1.79 bits per heavy atom. The number of rotatable bonds is 8. The van der Waals surface area contributed by atoms with Crippen LogP contribution in [-0.4, -0.2) is 94.2 Å². The average molecular weight is 611 g/mol. The fourth-order valence-electron chi connectivity index (χ4n) is 6.05. The van der Waals surface area contributed by atoms with Gasteiger partial charge in [-0.1, -0.05) is 17.7 Å². The molecule has 2 aliphatic rings. The van der Waals surface area contributed by atoms with Gasteiger partial charge in [0.15, 0.2) is 5.54 Å². The number of carbonyl (C=O) groups excluding carboxylic acids is 2. The smallest absolute Gasteiger partial charge is 0.274 e. The van der Waals surface area contributed by atoms with Gasteiger partial charge in [-0.15, -0.1) is 0 Å². The first-order valence-electron chi connectivity index (χ1n) is 13.5. The van der Waals surface area contributed by atoms with Crippen molar-refractivity contribution >= 4 is 27.5 Å². The molecule has 13 heteroatoms. The Hall–Kier alpha value is -4.20. The third-order valence-corrected chi connectivity index (χ3v) is 9.67. The highest BCUT2D eigenvalue weighted by Gasteiger charge is 2.64. The van der Waals surface area contributed by atoms with Crippen molar-refractivity contribution in [1.82, 2.24) is 14.8 Å². The number of aryl methyl sites for hydroxylation is 1. The zero-order chi connectivity index (χ0) is 31.3. The molecule has 1 aromatic heterocycles. The number of anilines is 1. The second-order valence-electron chi connectivity index (χ2n) is 10.7. The van der Waals surface area contributed by atoms with E-state index in [1.807, 2.05) is 6.92 Å². The van der Waals surface area contributed by atoms with Crippen molar-refractivity contribution in [3.8, 4) is 17.4 Å². The predicted molar refractivity (Wildman–Crippen MR) is 157 cm³/mol. The van der Waals surface area contributed by atoms with E-state index in [9.17, 15) is 18.3 Å². The first kappa shape index (κ1) is 30.3. The molecule has 3 atom stereocenters. The molecule has 1 saturated heterocycles. The molecular weight excluding hydrogens is 576 g/mol. The van der Waals surface area contributed by atoms with Crippen molar-refractivity contribution in [3.05, 3.63) is 71.4 Å². The van der Waals surface area contributed by atoms with Gasteiger partial charge in [0, 0.05) is 44.0 Å². The normalized spacial score (nSPS) is 21.9. The van der Waals surface area contributed by atoms with Gasteiger partial charge < -0.3 is 24.2 Å². The first-order valence-corrected chi connectivity index (χ1v) is 15.0. The Morgan fingerprint density at radius 1 is 1.05 bits per heavy atom. The number of pyridine rings is 1. The van der Waals surface area contributed by atoms with Crippen molar-refractivity contribution in [2.24, 2.45) is 0 Å². The lowest BCUT2D eigenvalue weighted by molar-refractivity contribution is -0.138. The fourth-order valence-corrected chi connectivity index (χ4v) is 7.65. The lowest BCUT2D eigenvalue weighted by atomic mass is 9.81. The van der Waals surface area contributed by atoms with Crippen LogP contribution in [0.5, 0.6) is 17.4 Å². The highest BCUT2D eigenvalue weighted by atomic mass is 32.2. The minimum Gasteiger partial charge on any atom is -0.497 e. The van der Waals surface area contributed by atoms with E-state index in [0.29, 0.717) is 11.3 Å². The number of hydrogen-bond acceptors (Lipinski definition) is 10. The molecule has 0 aliphatic carbocycles.